The Morgan fingerprint density at radius 1 is 0.760 bits per heavy atom. The van der Waals surface area contributed by atoms with E-state index in [1.54, 1.807) is 4.57 Å². The first kappa shape index (κ1) is 16.1. The molecule has 0 spiro atoms. The van der Waals surface area contributed by atoms with Crippen molar-refractivity contribution in [2.24, 2.45) is 11.8 Å². The molecule has 1 heterocycles. The summed E-state index contributed by atoms with van der Waals surface area (Å²) >= 11 is 0. The van der Waals surface area contributed by atoms with Gasteiger partial charge in [-0.05, 0) is 41.2 Å². The highest BCUT2D eigenvalue weighted by atomic mass is 16.2. The number of nitrogens with zero attached hydrogens (tertiary/aromatic N) is 1. The molecule has 0 aliphatic heterocycles. The molecular formula is C22H23NO2. The molecule has 2 aromatic carbocycles. The first-order chi connectivity index (χ1) is 12.1. The second kappa shape index (κ2) is 6.14. The van der Waals surface area contributed by atoms with Crippen LogP contribution in [0.4, 0.5) is 0 Å². The quantitative estimate of drug-likeness (QED) is 0.657. The number of rotatable bonds is 1. The van der Waals surface area contributed by atoms with Crippen molar-refractivity contribution in [1.82, 2.24) is 4.57 Å². The third-order valence-corrected chi connectivity index (χ3v) is 6.04. The van der Waals surface area contributed by atoms with Crippen LogP contribution >= 0.6 is 0 Å². The van der Waals surface area contributed by atoms with E-state index in [2.05, 4.69) is 13.8 Å². The standard InChI is InChI=1S/C22H23NO2/c1-14-8-7-13-20(15(14)2)23-21(24)18-11-5-3-9-16(18)17-10-4-6-12-19(17)22(23)25/h3-6,9-12,14-15,20H,7-8,13H2,1-2H3. The molecule has 0 radical (unpaired) electrons. The minimum absolute atomic E-state index is 0.0250. The summed E-state index contributed by atoms with van der Waals surface area (Å²) in [7, 11) is 0. The zero-order valence-electron chi connectivity index (χ0n) is 14.7. The van der Waals surface area contributed by atoms with Crippen molar-refractivity contribution in [2.75, 3.05) is 0 Å². The van der Waals surface area contributed by atoms with Crippen LogP contribution in [-0.4, -0.2) is 4.57 Å². The average molecular weight is 333 g/mol. The molecule has 3 heteroatoms. The average Bonchev–Trinajstić information content (AvgIpc) is 2.73. The fourth-order valence-electron chi connectivity index (χ4n) is 4.38. The Morgan fingerprint density at radius 2 is 1.24 bits per heavy atom. The van der Waals surface area contributed by atoms with Crippen molar-refractivity contribution >= 4 is 21.5 Å². The van der Waals surface area contributed by atoms with Crippen LogP contribution in [0.15, 0.2) is 58.1 Å². The lowest BCUT2D eigenvalue weighted by Crippen LogP contribution is -2.40. The topological polar surface area (TPSA) is 39.1 Å². The maximum Gasteiger partial charge on any atom is 0.261 e. The molecule has 4 rings (SSSR count). The van der Waals surface area contributed by atoms with E-state index in [1.165, 1.54) is 6.42 Å². The van der Waals surface area contributed by atoms with E-state index >= 15 is 0 Å². The zero-order valence-corrected chi connectivity index (χ0v) is 14.7. The summed E-state index contributed by atoms with van der Waals surface area (Å²) in [6.45, 7) is 4.41. The zero-order chi connectivity index (χ0) is 17.6. The van der Waals surface area contributed by atoms with Crippen molar-refractivity contribution in [3.8, 4) is 0 Å². The fourth-order valence-corrected chi connectivity index (χ4v) is 4.38. The van der Waals surface area contributed by atoms with Gasteiger partial charge in [0.25, 0.3) is 11.1 Å². The number of benzene rings is 2. The Morgan fingerprint density at radius 3 is 1.76 bits per heavy atom. The van der Waals surface area contributed by atoms with E-state index < -0.39 is 0 Å². The number of fused-ring (bicyclic) bond motifs is 3. The van der Waals surface area contributed by atoms with Crippen molar-refractivity contribution in [2.45, 2.75) is 39.2 Å². The second-order valence-corrected chi connectivity index (χ2v) is 7.41. The van der Waals surface area contributed by atoms with E-state index in [1.807, 2.05) is 48.5 Å². The fraction of sp³-hybridized carbons (Fsp3) is 0.364. The smallest absolute Gasteiger partial charge is 0.261 e. The van der Waals surface area contributed by atoms with Gasteiger partial charge in [-0.15, -0.1) is 0 Å². The van der Waals surface area contributed by atoms with Crippen LogP contribution in [0.1, 0.15) is 39.2 Å². The van der Waals surface area contributed by atoms with Crippen molar-refractivity contribution in [3.05, 3.63) is 69.2 Å². The van der Waals surface area contributed by atoms with Gasteiger partial charge in [-0.1, -0.05) is 63.1 Å². The molecule has 1 saturated carbocycles. The van der Waals surface area contributed by atoms with Crippen LogP contribution < -0.4 is 11.1 Å². The molecular weight excluding hydrogens is 310 g/mol. The highest BCUT2D eigenvalue weighted by Crippen LogP contribution is 2.36. The minimum atomic E-state index is -0.150. The van der Waals surface area contributed by atoms with Crippen LogP contribution in [0.2, 0.25) is 0 Å². The summed E-state index contributed by atoms with van der Waals surface area (Å²) in [5.74, 6) is 0.840. The molecule has 3 atom stereocenters. The molecule has 3 unspecified atom stereocenters. The summed E-state index contributed by atoms with van der Waals surface area (Å²) in [5, 5.41) is 2.98. The summed E-state index contributed by atoms with van der Waals surface area (Å²) < 4.78 is 1.56. The normalized spacial score (nSPS) is 23.8. The predicted octanol–water partition coefficient (Wildman–Crippen LogP) is 4.51. The molecule has 0 saturated heterocycles. The first-order valence-corrected chi connectivity index (χ1v) is 9.16. The first-order valence-electron chi connectivity index (χ1n) is 9.16. The van der Waals surface area contributed by atoms with Gasteiger partial charge in [-0.25, -0.2) is 0 Å². The Kier molecular flexibility index (Phi) is 3.95. The lowest BCUT2D eigenvalue weighted by Gasteiger charge is -2.34. The molecule has 1 aliphatic rings. The molecule has 25 heavy (non-hydrogen) atoms. The molecule has 0 bridgehead atoms. The summed E-state index contributed by atoms with van der Waals surface area (Å²) in [5.41, 5.74) is -0.300. The van der Waals surface area contributed by atoms with Gasteiger partial charge in [-0.3, -0.25) is 14.2 Å². The van der Waals surface area contributed by atoms with E-state index in [4.69, 9.17) is 0 Å². The Hall–Kier alpha value is -2.42. The summed E-state index contributed by atoms with van der Waals surface area (Å²) in [6.07, 6.45) is 3.13. The largest absolute Gasteiger partial charge is 0.271 e. The lowest BCUT2D eigenvalue weighted by molar-refractivity contribution is 0.181. The third kappa shape index (κ3) is 2.50. The van der Waals surface area contributed by atoms with Crippen LogP contribution in [0, 0.1) is 11.8 Å². The number of aromatic nitrogens is 1. The summed E-state index contributed by atoms with van der Waals surface area (Å²) in [6, 6.07) is 15.1. The van der Waals surface area contributed by atoms with Crippen molar-refractivity contribution in [1.29, 1.82) is 0 Å². The molecule has 1 aliphatic carbocycles. The Labute approximate surface area is 146 Å². The summed E-state index contributed by atoms with van der Waals surface area (Å²) in [4.78, 5) is 26.7. The van der Waals surface area contributed by atoms with Crippen molar-refractivity contribution in [3.63, 3.8) is 0 Å². The maximum atomic E-state index is 13.4. The van der Waals surface area contributed by atoms with Gasteiger partial charge in [-0.2, -0.15) is 0 Å². The molecule has 1 fully saturated rings. The van der Waals surface area contributed by atoms with Gasteiger partial charge >= 0.3 is 0 Å². The Bertz CT molecular complexity index is 994. The lowest BCUT2D eigenvalue weighted by atomic mass is 9.78. The number of hydrogen-bond acceptors (Lipinski definition) is 2. The van der Waals surface area contributed by atoms with Crippen LogP contribution in [0.25, 0.3) is 21.5 Å². The molecule has 128 valence electrons. The van der Waals surface area contributed by atoms with Gasteiger partial charge in [0, 0.05) is 16.8 Å². The highest BCUT2D eigenvalue weighted by Gasteiger charge is 2.30. The monoisotopic (exact) mass is 333 g/mol. The SMILES string of the molecule is CC1CCCC(n2c(=O)c3ccccc3c3ccccc3c2=O)C1C. The van der Waals surface area contributed by atoms with E-state index in [0.29, 0.717) is 22.6 Å². The van der Waals surface area contributed by atoms with E-state index in [0.717, 1.165) is 23.6 Å². The van der Waals surface area contributed by atoms with E-state index in [9.17, 15) is 9.59 Å². The molecule has 0 amide bonds. The minimum Gasteiger partial charge on any atom is -0.271 e. The second-order valence-electron chi connectivity index (χ2n) is 7.41. The van der Waals surface area contributed by atoms with Gasteiger partial charge in [0.1, 0.15) is 0 Å². The highest BCUT2D eigenvalue weighted by molar-refractivity contribution is 6.05. The molecule has 0 N–H and O–H groups in total. The van der Waals surface area contributed by atoms with E-state index in [-0.39, 0.29) is 17.2 Å². The molecule has 3 aromatic rings. The predicted molar refractivity (Wildman–Crippen MR) is 103 cm³/mol. The van der Waals surface area contributed by atoms with Crippen LogP contribution in [0.5, 0.6) is 0 Å². The van der Waals surface area contributed by atoms with Gasteiger partial charge < -0.3 is 0 Å². The Balaban J connectivity index is 2.18. The van der Waals surface area contributed by atoms with Crippen LogP contribution in [-0.2, 0) is 0 Å². The molecule has 1 aromatic heterocycles. The van der Waals surface area contributed by atoms with Gasteiger partial charge in [0.2, 0.25) is 0 Å². The van der Waals surface area contributed by atoms with Crippen LogP contribution in [0.3, 0.4) is 0 Å². The van der Waals surface area contributed by atoms with Gasteiger partial charge in [0.15, 0.2) is 0 Å². The van der Waals surface area contributed by atoms with Crippen molar-refractivity contribution < 1.29 is 0 Å². The third-order valence-electron chi connectivity index (χ3n) is 6.04. The molecule has 3 nitrogen and oxygen atoms in total. The number of hydrogen-bond donors (Lipinski definition) is 0. The van der Waals surface area contributed by atoms with Gasteiger partial charge in [0.05, 0.1) is 0 Å². The maximum absolute atomic E-state index is 13.4.